The Kier molecular flexibility index (Phi) is 4.70. The summed E-state index contributed by atoms with van der Waals surface area (Å²) in [5.41, 5.74) is 1.04. The highest BCUT2D eigenvalue weighted by atomic mass is 35.5. The van der Waals surface area contributed by atoms with Gasteiger partial charge in [0.25, 0.3) is 0 Å². The minimum atomic E-state index is 0.202. The third-order valence-corrected chi connectivity index (χ3v) is 3.47. The van der Waals surface area contributed by atoms with Crippen molar-refractivity contribution in [3.63, 3.8) is 0 Å². The molecule has 1 unspecified atom stereocenters. The molecule has 1 N–H and O–H groups in total. The summed E-state index contributed by atoms with van der Waals surface area (Å²) in [6, 6.07) is 13.1. The molecule has 0 aromatic heterocycles. The van der Waals surface area contributed by atoms with Crippen molar-refractivity contribution >= 4 is 23.2 Å². The smallest absolute Gasteiger partial charge is 0.128 e. The average Bonchev–Trinajstić information content (AvgIpc) is 2.38. The van der Waals surface area contributed by atoms with E-state index in [0.717, 1.165) is 5.56 Å². The van der Waals surface area contributed by atoms with E-state index in [0.29, 0.717) is 21.5 Å². The molecule has 2 rings (SSSR count). The second-order valence-corrected chi connectivity index (χ2v) is 5.10. The highest BCUT2D eigenvalue weighted by Crippen LogP contribution is 2.30. The van der Waals surface area contributed by atoms with Gasteiger partial charge in [0.2, 0.25) is 0 Å². The van der Waals surface area contributed by atoms with Crippen LogP contribution in [-0.4, -0.2) is 7.05 Å². The number of rotatable bonds is 4. The Balaban J connectivity index is 2.21. The average molecular weight is 296 g/mol. The van der Waals surface area contributed by atoms with Crippen LogP contribution in [0.2, 0.25) is 10.0 Å². The van der Waals surface area contributed by atoms with Crippen molar-refractivity contribution in [1.82, 2.24) is 5.32 Å². The van der Waals surface area contributed by atoms with Crippen LogP contribution in [0, 0.1) is 0 Å². The fourth-order valence-corrected chi connectivity index (χ4v) is 2.26. The molecular formula is C15H15Cl2NO. The topological polar surface area (TPSA) is 21.3 Å². The number of benzene rings is 2. The first-order chi connectivity index (χ1) is 9.10. The number of hydrogen-bond acceptors (Lipinski definition) is 2. The molecule has 0 saturated heterocycles. The number of nitrogens with one attached hydrogen (secondary N) is 1. The Bertz CT molecular complexity index is 572. The molecule has 0 amide bonds. The molecular weight excluding hydrogens is 281 g/mol. The molecule has 0 fully saturated rings. The molecule has 0 bridgehead atoms. The highest BCUT2D eigenvalue weighted by molar-refractivity contribution is 6.31. The lowest BCUT2D eigenvalue weighted by molar-refractivity contribution is 0.482. The highest BCUT2D eigenvalue weighted by Gasteiger charge is 2.09. The van der Waals surface area contributed by atoms with Gasteiger partial charge >= 0.3 is 0 Å². The molecule has 100 valence electrons. The zero-order valence-electron chi connectivity index (χ0n) is 10.8. The van der Waals surface area contributed by atoms with Crippen molar-refractivity contribution in [3.8, 4) is 11.5 Å². The fourth-order valence-electron chi connectivity index (χ4n) is 1.74. The van der Waals surface area contributed by atoms with Crippen LogP contribution in [0.15, 0.2) is 42.5 Å². The van der Waals surface area contributed by atoms with Crippen LogP contribution in [0.4, 0.5) is 0 Å². The van der Waals surface area contributed by atoms with Crippen LogP contribution in [0.5, 0.6) is 11.5 Å². The SMILES string of the molecule is CNC(C)c1ccc(Oc2cccc(Cl)c2)cc1Cl. The number of hydrogen-bond donors (Lipinski definition) is 1. The van der Waals surface area contributed by atoms with E-state index >= 15 is 0 Å². The second kappa shape index (κ2) is 6.29. The van der Waals surface area contributed by atoms with E-state index in [9.17, 15) is 0 Å². The van der Waals surface area contributed by atoms with Crippen molar-refractivity contribution in [2.75, 3.05) is 7.05 Å². The van der Waals surface area contributed by atoms with E-state index in [4.69, 9.17) is 27.9 Å². The van der Waals surface area contributed by atoms with E-state index in [1.54, 1.807) is 12.1 Å². The first-order valence-corrected chi connectivity index (χ1v) is 6.76. The summed E-state index contributed by atoms with van der Waals surface area (Å²) in [5, 5.41) is 4.48. The van der Waals surface area contributed by atoms with E-state index in [1.807, 2.05) is 37.4 Å². The zero-order valence-corrected chi connectivity index (χ0v) is 12.3. The molecule has 0 aliphatic heterocycles. The summed E-state index contributed by atoms with van der Waals surface area (Å²) in [7, 11) is 1.90. The molecule has 19 heavy (non-hydrogen) atoms. The monoisotopic (exact) mass is 295 g/mol. The predicted molar refractivity (Wildman–Crippen MR) is 80.5 cm³/mol. The van der Waals surface area contributed by atoms with Crippen LogP contribution < -0.4 is 10.1 Å². The summed E-state index contributed by atoms with van der Waals surface area (Å²) in [6.07, 6.45) is 0. The molecule has 0 heterocycles. The van der Waals surface area contributed by atoms with Crippen molar-refractivity contribution in [1.29, 1.82) is 0 Å². The lowest BCUT2D eigenvalue weighted by atomic mass is 10.1. The molecule has 2 aromatic rings. The van der Waals surface area contributed by atoms with Gasteiger partial charge in [0.1, 0.15) is 11.5 Å². The van der Waals surface area contributed by atoms with Gasteiger partial charge in [-0.1, -0.05) is 35.3 Å². The van der Waals surface area contributed by atoms with Gasteiger partial charge in [-0.05, 0) is 49.9 Å². The van der Waals surface area contributed by atoms with Gasteiger partial charge in [-0.15, -0.1) is 0 Å². The van der Waals surface area contributed by atoms with Gasteiger partial charge in [0.15, 0.2) is 0 Å². The van der Waals surface area contributed by atoms with E-state index < -0.39 is 0 Å². The Hall–Kier alpha value is -1.22. The van der Waals surface area contributed by atoms with Gasteiger partial charge in [0.05, 0.1) is 0 Å². The first-order valence-electron chi connectivity index (χ1n) is 6.00. The molecule has 0 aliphatic rings. The van der Waals surface area contributed by atoms with E-state index in [2.05, 4.69) is 12.2 Å². The Morgan fingerprint density at radius 3 is 2.42 bits per heavy atom. The maximum atomic E-state index is 6.25. The predicted octanol–water partition coefficient (Wildman–Crippen LogP) is 5.07. The minimum absolute atomic E-state index is 0.202. The Morgan fingerprint density at radius 2 is 1.79 bits per heavy atom. The van der Waals surface area contributed by atoms with Crippen LogP contribution in [0.1, 0.15) is 18.5 Å². The number of ether oxygens (including phenoxy) is 1. The summed E-state index contributed by atoms with van der Waals surface area (Å²) in [6.45, 7) is 2.05. The van der Waals surface area contributed by atoms with Crippen LogP contribution in [-0.2, 0) is 0 Å². The summed E-state index contributed by atoms with van der Waals surface area (Å²) in [4.78, 5) is 0. The molecule has 0 spiro atoms. The number of halogens is 2. The van der Waals surface area contributed by atoms with Gasteiger partial charge in [-0.3, -0.25) is 0 Å². The Labute approximate surface area is 123 Å². The van der Waals surface area contributed by atoms with Crippen LogP contribution in [0.3, 0.4) is 0 Å². The fraction of sp³-hybridized carbons (Fsp3) is 0.200. The summed E-state index contributed by atoms with van der Waals surface area (Å²) in [5.74, 6) is 1.39. The van der Waals surface area contributed by atoms with Gasteiger partial charge in [0, 0.05) is 16.1 Å². The molecule has 2 aromatic carbocycles. The van der Waals surface area contributed by atoms with Gasteiger partial charge in [-0.2, -0.15) is 0 Å². The molecule has 0 radical (unpaired) electrons. The summed E-state index contributed by atoms with van der Waals surface area (Å²) >= 11 is 12.2. The van der Waals surface area contributed by atoms with E-state index in [-0.39, 0.29) is 6.04 Å². The standard InChI is InChI=1S/C15H15Cl2NO/c1-10(18-2)14-7-6-13(9-15(14)17)19-12-5-3-4-11(16)8-12/h3-10,18H,1-2H3. The maximum absolute atomic E-state index is 6.25. The van der Waals surface area contributed by atoms with Crippen LogP contribution >= 0.6 is 23.2 Å². The largest absolute Gasteiger partial charge is 0.457 e. The molecule has 4 heteroatoms. The third-order valence-electron chi connectivity index (χ3n) is 2.90. The molecule has 2 nitrogen and oxygen atoms in total. The van der Waals surface area contributed by atoms with Gasteiger partial charge in [-0.25, -0.2) is 0 Å². The van der Waals surface area contributed by atoms with Crippen LogP contribution in [0.25, 0.3) is 0 Å². The van der Waals surface area contributed by atoms with Crippen molar-refractivity contribution in [2.24, 2.45) is 0 Å². The first kappa shape index (κ1) is 14.2. The van der Waals surface area contributed by atoms with Gasteiger partial charge < -0.3 is 10.1 Å². The maximum Gasteiger partial charge on any atom is 0.128 e. The van der Waals surface area contributed by atoms with Crippen molar-refractivity contribution in [3.05, 3.63) is 58.1 Å². The molecule has 0 saturated carbocycles. The van der Waals surface area contributed by atoms with E-state index in [1.165, 1.54) is 0 Å². The van der Waals surface area contributed by atoms with Crippen molar-refractivity contribution < 1.29 is 4.74 Å². The lowest BCUT2D eigenvalue weighted by Crippen LogP contribution is -2.12. The minimum Gasteiger partial charge on any atom is -0.457 e. The zero-order chi connectivity index (χ0) is 13.8. The Morgan fingerprint density at radius 1 is 1.05 bits per heavy atom. The molecule has 0 aliphatic carbocycles. The lowest BCUT2D eigenvalue weighted by Gasteiger charge is -2.14. The molecule has 1 atom stereocenters. The van der Waals surface area contributed by atoms with Crippen molar-refractivity contribution in [2.45, 2.75) is 13.0 Å². The second-order valence-electron chi connectivity index (χ2n) is 4.25. The summed E-state index contributed by atoms with van der Waals surface area (Å²) < 4.78 is 5.72. The normalized spacial score (nSPS) is 12.2. The third kappa shape index (κ3) is 3.63. The quantitative estimate of drug-likeness (QED) is 0.850.